The van der Waals surface area contributed by atoms with Crippen LogP contribution in [-0.4, -0.2) is 73.4 Å². The molecule has 6 nitrogen and oxygen atoms in total. The number of carbonyl (C=O) groups excluding carboxylic acids is 3. The zero-order valence-corrected chi connectivity index (χ0v) is 14.3. The molecule has 0 aromatic heterocycles. The lowest BCUT2D eigenvalue weighted by molar-refractivity contribution is -0.140. The Bertz CT molecular complexity index is 361. The molecule has 7 heteroatoms. The van der Waals surface area contributed by atoms with E-state index in [0.29, 0.717) is 12.3 Å². The summed E-state index contributed by atoms with van der Waals surface area (Å²) in [6.07, 6.45) is 1.11. The standard InChI is InChI=1S/C14H27N3O3S/c1-11(18)10-12(17(4)13(19)6-9-21)14(20)15-7-5-8-16(2)3/h12,21H,5-10H2,1-4H3,(H,15,20). The summed E-state index contributed by atoms with van der Waals surface area (Å²) >= 11 is 4.01. The summed E-state index contributed by atoms with van der Waals surface area (Å²) in [6, 6.07) is -0.741. The quantitative estimate of drug-likeness (QED) is 0.445. The summed E-state index contributed by atoms with van der Waals surface area (Å²) in [5.74, 6) is -0.159. The van der Waals surface area contributed by atoms with Gasteiger partial charge in [-0.05, 0) is 39.7 Å². The lowest BCUT2D eigenvalue weighted by Gasteiger charge is -2.26. The van der Waals surface area contributed by atoms with E-state index in [2.05, 4.69) is 17.9 Å². The Morgan fingerprint density at radius 3 is 2.29 bits per heavy atom. The van der Waals surface area contributed by atoms with Crippen LogP contribution >= 0.6 is 12.6 Å². The van der Waals surface area contributed by atoms with Gasteiger partial charge in [-0.25, -0.2) is 0 Å². The maximum Gasteiger partial charge on any atom is 0.243 e. The van der Waals surface area contributed by atoms with Gasteiger partial charge in [0.25, 0.3) is 0 Å². The first kappa shape index (κ1) is 19.9. The number of amides is 2. The fourth-order valence-electron chi connectivity index (χ4n) is 1.85. The van der Waals surface area contributed by atoms with E-state index in [1.54, 1.807) is 7.05 Å². The van der Waals surface area contributed by atoms with Gasteiger partial charge >= 0.3 is 0 Å². The van der Waals surface area contributed by atoms with Crippen LogP contribution in [-0.2, 0) is 14.4 Å². The van der Waals surface area contributed by atoms with Crippen molar-refractivity contribution in [1.29, 1.82) is 0 Å². The average molecular weight is 317 g/mol. The Kier molecular flexibility index (Phi) is 10.1. The molecule has 0 bridgehead atoms. The topological polar surface area (TPSA) is 69.7 Å². The maximum absolute atomic E-state index is 12.2. The fourth-order valence-corrected chi connectivity index (χ4v) is 2.04. The van der Waals surface area contributed by atoms with Crippen molar-refractivity contribution in [2.75, 3.05) is 40.0 Å². The Balaban J connectivity index is 4.55. The first-order valence-corrected chi connectivity index (χ1v) is 7.71. The molecular weight excluding hydrogens is 290 g/mol. The zero-order chi connectivity index (χ0) is 16.4. The number of hydrogen-bond donors (Lipinski definition) is 2. The van der Waals surface area contributed by atoms with Gasteiger partial charge in [-0.2, -0.15) is 12.6 Å². The SMILES string of the molecule is CC(=O)CC(C(=O)NCCCN(C)C)N(C)C(=O)CCS. The number of Topliss-reactive ketones (excluding diaryl/α,β-unsaturated/α-hetero) is 1. The van der Waals surface area contributed by atoms with E-state index in [1.807, 2.05) is 19.0 Å². The van der Waals surface area contributed by atoms with Gasteiger partial charge in [-0.3, -0.25) is 14.4 Å². The predicted molar refractivity (Wildman–Crippen MR) is 86.5 cm³/mol. The summed E-state index contributed by atoms with van der Waals surface area (Å²) in [7, 11) is 5.48. The first-order chi connectivity index (χ1) is 9.79. The molecule has 0 saturated carbocycles. The maximum atomic E-state index is 12.2. The Hall–Kier alpha value is -1.08. The second-order valence-corrected chi connectivity index (χ2v) is 5.80. The van der Waals surface area contributed by atoms with E-state index in [1.165, 1.54) is 11.8 Å². The smallest absolute Gasteiger partial charge is 0.243 e. The molecule has 1 atom stereocenters. The highest BCUT2D eigenvalue weighted by Crippen LogP contribution is 2.06. The van der Waals surface area contributed by atoms with Crippen molar-refractivity contribution in [3.63, 3.8) is 0 Å². The van der Waals surface area contributed by atoms with Crippen molar-refractivity contribution in [3.8, 4) is 0 Å². The van der Waals surface area contributed by atoms with Crippen molar-refractivity contribution in [3.05, 3.63) is 0 Å². The summed E-state index contributed by atoms with van der Waals surface area (Å²) in [5.41, 5.74) is 0. The van der Waals surface area contributed by atoms with Crippen molar-refractivity contribution in [2.24, 2.45) is 0 Å². The van der Waals surface area contributed by atoms with E-state index < -0.39 is 6.04 Å². The monoisotopic (exact) mass is 317 g/mol. The number of carbonyl (C=O) groups is 3. The van der Waals surface area contributed by atoms with E-state index in [4.69, 9.17) is 0 Å². The molecule has 0 aliphatic rings. The molecule has 0 fully saturated rings. The number of nitrogens with one attached hydrogen (secondary N) is 1. The van der Waals surface area contributed by atoms with Gasteiger partial charge in [-0.15, -0.1) is 0 Å². The molecule has 0 rings (SSSR count). The van der Waals surface area contributed by atoms with Gasteiger partial charge in [0.15, 0.2) is 0 Å². The molecule has 1 unspecified atom stereocenters. The van der Waals surface area contributed by atoms with E-state index in [0.717, 1.165) is 13.0 Å². The third kappa shape index (κ3) is 8.72. The van der Waals surface area contributed by atoms with Crippen molar-refractivity contribution >= 4 is 30.2 Å². The predicted octanol–water partition coefficient (Wildman–Crippen LogP) is 0.180. The molecular formula is C14H27N3O3S. The highest BCUT2D eigenvalue weighted by atomic mass is 32.1. The lowest BCUT2D eigenvalue weighted by Crippen LogP contribution is -2.49. The lowest BCUT2D eigenvalue weighted by atomic mass is 10.1. The van der Waals surface area contributed by atoms with Crippen molar-refractivity contribution in [1.82, 2.24) is 15.1 Å². The molecule has 0 aromatic rings. The normalized spacial score (nSPS) is 12.1. The molecule has 1 N–H and O–H groups in total. The van der Waals surface area contributed by atoms with Crippen LogP contribution in [0, 0.1) is 0 Å². The molecule has 21 heavy (non-hydrogen) atoms. The van der Waals surface area contributed by atoms with Crippen LogP contribution in [0.2, 0.25) is 0 Å². The number of rotatable bonds is 10. The van der Waals surface area contributed by atoms with E-state index in [-0.39, 0.29) is 30.4 Å². The largest absolute Gasteiger partial charge is 0.354 e. The van der Waals surface area contributed by atoms with Gasteiger partial charge in [0, 0.05) is 26.4 Å². The van der Waals surface area contributed by atoms with Crippen molar-refractivity contribution in [2.45, 2.75) is 32.2 Å². The second-order valence-electron chi connectivity index (χ2n) is 5.35. The van der Waals surface area contributed by atoms with Gasteiger partial charge in [0.2, 0.25) is 11.8 Å². The molecule has 0 aliphatic heterocycles. The molecule has 0 aliphatic carbocycles. The molecule has 0 spiro atoms. The van der Waals surface area contributed by atoms with Gasteiger partial charge in [0.05, 0.1) is 0 Å². The van der Waals surface area contributed by atoms with Crippen LogP contribution in [0.5, 0.6) is 0 Å². The summed E-state index contributed by atoms with van der Waals surface area (Å²) in [5, 5.41) is 2.79. The van der Waals surface area contributed by atoms with E-state index >= 15 is 0 Å². The summed E-state index contributed by atoms with van der Waals surface area (Å²) in [6.45, 7) is 2.81. The molecule has 122 valence electrons. The Morgan fingerprint density at radius 1 is 1.19 bits per heavy atom. The van der Waals surface area contributed by atoms with Crippen LogP contribution in [0.15, 0.2) is 0 Å². The van der Waals surface area contributed by atoms with Crippen molar-refractivity contribution < 1.29 is 14.4 Å². The van der Waals surface area contributed by atoms with Crippen LogP contribution in [0.1, 0.15) is 26.2 Å². The minimum atomic E-state index is -0.741. The van der Waals surface area contributed by atoms with Crippen LogP contribution in [0.3, 0.4) is 0 Å². The molecule has 2 amide bonds. The third-order valence-electron chi connectivity index (χ3n) is 3.05. The number of ketones is 1. The third-order valence-corrected chi connectivity index (χ3v) is 3.27. The minimum Gasteiger partial charge on any atom is -0.354 e. The summed E-state index contributed by atoms with van der Waals surface area (Å²) < 4.78 is 0. The molecule has 0 radical (unpaired) electrons. The number of nitrogens with zero attached hydrogens (tertiary/aromatic N) is 2. The average Bonchev–Trinajstić information content (AvgIpc) is 2.39. The van der Waals surface area contributed by atoms with Gasteiger partial charge < -0.3 is 15.1 Å². The Morgan fingerprint density at radius 2 is 1.81 bits per heavy atom. The highest BCUT2D eigenvalue weighted by Gasteiger charge is 2.27. The highest BCUT2D eigenvalue weighted by molar-refractivity contribution is 7.80. The molecule has 0 aromatic carbocycles. The van der Waals surface area contributed by atoms with Crippen LogP contribution in [0.4, 0.5) is 0 Å². The van der Waals surface area contributed by atoms with Gasteiger partial charge in [0.1, 0.15) is 11.8 Å². The first-order valence-electron chi connectivity index (χ1n) is 7.08. The fraction of sp³-hybridized carbons (Fsp3) is 0.786. The molecule has 0 saturated heterocycles. The zero-order valence-electron chi connectivity index (χ0n) is 13.4. The Labute approximate surface area is 132 Å². The number of likely N-dealkylation sites (N-methyl/N-ethyl adjacent to an activating group) is 1. The van der Waals surface area contributed by atoms with Crippen LogP contribution in [0.25, 0.3) is 0 Å². The summed E-state index contributed by atoms with van der Waals surface area (Å²) in [4.78, 5) is 38.8. The second kappa shape index (κ2) is 10.6. The van der Waals surface area contributed by atoms with Gasteiger partial charge in [-0.1, -0.05) is 0 Å². The number of hydrogen-bond acceptors (Lipinski definition) is 5. The minimum absolute atomic E-state index is 0.0360. The molecule has 0 heterocycles. The number of thiol groups is 1. The van der Waals surface area contributed by atoms with E-state index in [9.17, 15) is 14.4 Å². The van der Waals surface area contributed by atoms with Crippen LogP contribution < -0.4 is 5.32 Å².